The summed E-state index contributed by atoms with van der Waals surface area (Å²) in [6.45, 7) is 6.28. The van der Waals surface area contributed by atoms with Gasteiger partial charge in [-0.05, 0) is 77.1 Å². The highest BCUT2D eigenvalue weighted by Gasteiger charge is 2.42. The summed E-state index contributed by atoms with van der Waals surface area (Å²) in [6, 6.07) is 14.4. The Morgan fingerprint density at radius 1 is 1.14 bits per heavy atom. The van der Waals surface area contributed by atoms with Crippen molar-refractivity contribution >= 4 is 50.2 Å². The van der Waals surface area contributed by atoms with Crippen LogP contribution in [0.15, 0.2) is 53.3 Å². The first-order chi connectivity index (χ1) is 20.4. The van der Waals surface area contributed by atoms with Gasteiger partial charge in [-0.25, -0.2) is 17.6 Å². The topological polar surface area (TPSA) is 107 Å². The Balaban J connectivity index is 1.47. The molecule has 1 aliphatic heterocycles. The van der Waals surface area contributed by atoms with E-state index in [9.17, 15) is 22.4 Å². The normalized spacial score (nSPS) is 18.0. The summed E-state index contributed by atoms with van der Waals surface area (Å²) >= 11 is 2.01. The molecule has 1 aliphatic carbocycles. The maximum absolute atomic E-state index is 15.0. The first kappa shape index (κ1) is 31.5. The number of sulfonamides is 1. The van der Waals surface area contributed by atoms with E-state index in [0.29, 0.717) is 34.1 Å². The number of nitrogens with one attached hydrogen (secondary N) is 1. The quantitative estimate of drug-likeness (QED) is 0.274. The number of amides is 1. The molecule has 0 unspecified atom stereocenters. The molecule has 1 fully saturated rings. The minimum absolute atomic E-state index is 0.0438. The number of nitrogens with zero attached hydrogens (tertiary/aromatic N) is 2. The molecule has 0 atom stereocenters. The molecule has 5 rings (SSSR count). The number of anilines is 2. The Hall–Kier alpha value is -2.97. The molecule has 9 nitrogen and oxygen atoms in total. The first-order valence-electron chi connectivity index (χ1n) is 14.3. The minimum Gasteiger partial charge on any atom is -0.449 e. The van der Waals surface area contributed by atoms with E-state index >= 15 is 0 Å². The van der Waals surface area contributed by atoms with Crippen LogP contribution in [-0.2, 0) is 39.1 Å². The number of pyridine rings is 1. The van der Waals surface area contributed by atoms with Crippen molar-refractivity contribution in [2.45, 2.75) is 64.5 Å². The van der Waals surface area contributed by atoms with E-state index in [-0.39, 0.29) is 60.8 Å². The summed E-state index contributed by atoms with van der Waals surface area (Å²) in [5.74, 6) is -0.267. The van der Waals surface area contributed by atoms with E-state index in [1.165, 1.54) is 15.5 Å². The molecule has 2 aromatic carbocycles. The van der Waals surface area contributed by atoms with Gasteiger partial charge in [0.1, 0.15) is 11.6 Å². The second-order valence-corrected chi connectivity index (χ2v) is 14.7. The molecule has 0 bridgehead atoms. The number of ether oxygens (including phenoxy) is 2. The highest BCUT2D eigenvalue weighted by atomic mass is 127. The third-order valence-corrected chi connectivity index (χ3v) is 10.2. The lowest BCUT2D eigenvalue weighted by molar-refractivity contribution is -0.00642. The molecule has 0 saturated heterocycles. The number of hydrogen-bond donors (Lipinski definition) is 1. The van der Waals surface area contributed by atoms with Crippen LogP contribution in [0.4, 0.5) is 20.7 Å². The maximum Gasteiger partial charge on any atom is 0.415 e. The fraction of sp³-hybridized carbons (Fsp3) is 0.419. The van der Waals surface area contributed by atoms with Gasteiger partial charge in [0.05, 0.1) is 30.3 Å². The Morgan fingerprint density at radius 2 is 1.86 bits per heavy atom. The van der Waals surface area contributed by atoms with Gasteiger partial charge in [0.25, 0.3) is 5.56 Å². The molecule has 1 saturated carbocycles. The van der Waals surface area contributed by atoms with Gasteiger partial charge in [-0.15, -0.1) is 0 Å². The number of halogens is 2. The lowest BCUT2D eigenvalue weighted by Crippen LogP contribution is -2.44. The number of benzene rings is 2. The Bertz CT molecular complexity index is 1670. The van der Waals surface area contributed by atoms with E-state index in [2.05, 4.69) is 4.72 Å². The molecule has 2 heterocycles. The smallest absolute Gasteiger partial charge is 0.415 e. The van der Waals surface area contributed by atoms with E-state index in [4.69, 9.17) is 9.47 Å². The monoisotopic (exact) mass is 723 g/mol. The van der Waals surface area contributed by atoms with Gasteiger partial charge in [-0.3, -0.25) is 19.0 Å². The van der Waals surface area contributed by atoms with Crippen molar-refractivity contribution in [2.75, 3.05) is 22.8 Å². The van der Waals surface area contributed by atoms with E-state index in [1.807, 2.05) is 66.8 Å². The lowest BCUT2D eigenvalue weighted by Gasteiger charge is -2.35. The standard InChI is InChI=1S/C31H35FIN3O6S/c1-19(2)17-42-31(38)36-12-11-35-29(36)28(26(20(3)30(35)37)13-22-9-10-23(33)14-27(22)32)34-43(39,40)25-15-24(16-25)41-18-21-7-5-4-6-8-21/h4-10,14,19,24-25,34H,11-13,15-18H2,1-3H3. The van der Waals surface area contributed by atoms with Crippen LogP contribution in [0.2, 0.25) is 0 Å². The van der Waals surface area contributed by atoms with Gasteiger partial charge < -0.3 is 9.47 Å². The van der Waals surface area contributed by atoms with Gasteiger partial charge in [-0.2, -0.15) is 0 Å². The van der Waals surface area contributed by atoms with Crippen molar-refractivity contribution in [1.29, 1.82) is 0 Å². The molecule has 2 aliphatic rings. The Kier molecular flexibility index (Phi) is 9.47. The van der Waals surface area contributed by atoms with Crippen molar-refractivity contribution in [3.8, 4) is 0 Å². The van der Waals surface area contributed by atoms with Crippen molar-refractivity contribution < 1.29 is 27.1 Å². The number of fused-ring (bicyclic) bond motifs is 1. The second kappa shape index (κ2) is 12.9. The zero-order valence-corrected chi connectivity index (χ0v) is 27.3. The first-order valence-corrected chi connectivity index (χ1v) is 16.9. The zero-order valence-electron chi connectivity index (χ0n) is 24.3. The molecule has 43 heavy (non-hydrogen) atoms. The average molecular weight is 724 g/mol. The van der Waals surface area contributed by atoms with Gasteiger partial charge in [0.2, 0.25) is 10.0 Å². The largest absolute Gasteiger partial charge is 0.449 e. The van der Waals surface area contributed by atoms with Crippen LogP contribution in [0, 0.1) is 22.2 Å². The number of rotatable bonds is 10. The van der Waals surface area contributed by atoms with Crippen molar-refractivity contribution in [3.05, 3.63) is 90.5 Å². The van der Waals surface area contributed by atoms with E-state index < -0.39 is 27.2 Å². The summed E-state index contributed by atoms with van der Waals surface area (Å²) in [7, 11) is -3.97. The van der Waals surface area contributed by atoms with Crippen LogP contribution in [-0.4, -0.2) is 43.6 Å². The highest BCUT2D eigenvalue weighted by molar-refractivity contribution is 14.1. The van der Waals surface area contributed by atoms with Gasteiger partial charge in [-0.1, -0.05) is 50.2 Å². The number of carbonyl (C=O) groups excluding carboxylic acids is 1. The molecule has 12 heteroatoms. The summed E-state index contributed by atoms with van der Waals surface area (Å²) in [4.78, 5) is 27.9. The summed E-state index contributed by atoms with van der Waals surface area (Å²) in [5.41, 5.74) is 1.65. The third-order valence-electron chi connectivity index (χ3n) is 7.81. The molecule has 1 N–H and O–H groups in total. The summed E-state index contributed by atoms with van der Waals surface area (Å²) in [5, 5.41) is -0.730. The van der Waals surface area contributed by atoms with Crippen LogP contribution in [0.3, 0.4) is 0 Å². The van der Waals surface area contributed by atoms with E-state index in [0.717, 1.165) is 5.56 Å². The van der Waals surface area contributed by atoms with Crippen molar-refractivity contribution in [1.82, 2.24) is 4.57 Å². The van der Waals surface area contributed by atoms with Gasteiger partial charge in [0.15, 0.2) is 0 Å². The summed E-state index contributed by atoms with van der Waals surface area (Å²) in [6.07, 6.45) is -0.324. The fourth-order valence-electron chi connectivity index (χ4n) is 5.28. The lowest BCUT2D eigenvalue weighted by atomic mass is 9.95. The molecule has 230 valence electrons. The van der Waals surface area contributed by atoms with E-state index in [1.54, 1.807) is 19.1 Å². The number of hydrogen-bond acceptors (Lipinski definition) is 6. The zero-order chi connectivity index (χ0) is 30.9. The maximum atomic E-state index is 15.0. The van der Waals surface area contributed by atoms with Crippen LogP contribution in [0.1, 0.15) is 48.9 Å². The number of carbonyl (C=O) groups is 1. The molecule has 1 amide bonds. The predicted octanol–water partition coefficient (Wildman–Crippen LogP) is 5.59. The predicted molar refractivity (Wildman–Crippen MR) is 171 cm³/mol. The molecule has 1 aromatic heterocycles. The molecular weight excluding hydrogens is 688 g/mol. The van der Waals surface area contributed by atoms with Crippen LogP contribution in [0.25, 0.3) is 0 Å². The Labute approximate surface area is 264 Å². The van der Waals surface area contributed by atoms with Crippen LogP contribution < -0.4 is 15.2 Å². The summed E-state index contributed by atoms with van der Waals surface area (Å²) < 4.78 is 58.7. The molecular formula is C31H35FIN3O6S. The van der Waals surface area contributed by atoms with Crippen molar-refractivity contribution in [3.63, 3.8) is 0 Å². The third kappa shape index (κ3) is 6.91. The SMILES string of the molecule is Cc1c(Cc2ccc(I)cc2F)c(NS(=O)(=O)C2CC(OCc3ccccc3)C2)c2n(c1=O)CCN2C(=O)OCC(C)C. The van der Waals surface area contributed by atoms with Crippen LogP contribution in [0.5, 0.6) is 0 Å². The second-order valence-electron chi connectivity index (χ2n) is 11.5. The molecule has 3 aromatic rings. The van der Waals surface area contributed by atoms with Gasteiger partial charge in [0, 0.05) is 28.6 Å². The minimum atomic E-state index is -3.97. The number of aromatic nitrogens is 1. The average Bonchev–Trinajstić information content (AvgIpc) is 3.38. The molecule has 0 radical (unpaired) electrons. The van der Waals surface area contributed by atoms with Crippen LogP contribution >= 0.6 is 22.6 Å². The van der Waals surface area contributed by atoms with Gasteiger partial charge >= 0.3 is 6.09 Å². The van der Waals surface area contributed by atoms with Crippen molar-refractivity contribution in [2.24, 2.45) is 5.92 Å². The highest BCUT2D eigenvalue weighted by Crippen LogP contribution is 2.39. The fourth-order valence-corrected chi connectivity index (χ4v) is 7.33. The Morgan fingerprint density at radius 3 is 2.53 bits per heavy atom. The molecule has 0 spiro atoms.